The number of thiazole rings is 1. The summed E-state index contributed by atoms with van der Waals surface area (Å²) < 4.78 is 6.21. The Bertz CT molecular complexity index is 889. The van der Waals surface area contributed by atoms with Gasteiger partial charge in [-0.2, -0.15) is 0 Å². The number of amides is 1. The average Bonchev–Trinajstić information content (AvgIpc) is 3.18. The van der Waals surface area contributed by atoms with E-state index in [2.05, 4.69) is 18.8 Å². The molecule has 0 bridgehead atoms. The highest BCUT2D eigenvalue weighted by molar-refractivity contribution is 7.13. The summed E-state index contributed by atoms with van der Waals surface area (Å²) in [5.74, 6) is 1.03. The van der Waals surface area contributed by atoms with Crippen LogP contribution < -0.4 is 4.74 Å². The smallest absolute Gasteiger partial charge is 0.265 e. The SMILES string of the molecule is Cc1nc(C(C)C)sc1C(=O)N1CC[C@]2(CC(=O)c3ccccc3O2)C1. The van der Waals surface area contributed by atoms with E-state index in [-0.39, 0.29) is 11.7 Å². The molecule has 0 aliphatic carbocycles. The maximum absolute atomic E-state index is 13.0. The largest absolute Gasteiger partial charge is 0.484 e. The number of likely N-dealkylation sites (tertiary alicyclic amines) is 1. The number of hydrogen-bond acceptors (Lipinski definition) is 5. The Kier molecular flexibility index (Phi) is 4.10. The van der Waals surface area contributed by atoms with Crippen LogP contribution in [-0.2, 0) is 0 Å². The maximum Gasteiger partial charge on any atom is 0.265 e. The highest BCUT2D eigenvalue weighted by Gasteiger charge is 2.47. The quantitative estimate of drug-likeness (QED) is 0.806. The second-order valence-electron chi connectivity index (χ2n) is 7.48. The van der Waals surface area contributed by atoms with Crippen molar-refractivity contribution in [3.8, 4) is 5.75 Å². The molecule has 5 nitrogen and oxygen atoms in total. The number of para-hydroxylation sites is 1. The molecule has 2 aliphatic rings. The van der Waals surface area contributed by atoms with Gasteiger partial charge >= 0.3 is 0 Å². The number of rotatable bonds is 2. The van der Waals surface area contributed by atoms with Crippen LogP contribution in [0.15, 0.2) is 24.3 Å². The summed E-state index contributed by atoms with van der Waals surface area (Å²) in [5.41, 5.74) is 0.832. The third-order valence-electron chi connectivity index (χ3n) is 5.10. The average molecular weight is 370 g/mol. The number of aromatic nitrogens is 1. The fraction of sp³-hybridized carbons (Fsp3) is 0.450. The summed E-state index contributed by atoms with van der Waals surface area (Å²) in [6.45, 7) is 7.09. The van der Waals surface area contributed by atoms with Crippen molar-refractivity contribution in [3.63, 3.8) is 0 Å². The van der Waals surface area contributed by atoms with E-state index in [0.29, 0.717) is 48.0 Å². The van der Waals surface area contributed by atoms with Crippen LogP contribution in [0.2, 0.25) is 0 Å². The maximum atomic E-state index is 13.0. The topological polar surface area (TPSA) is 59.5 Å². The Morgan fingerprint density at radius 3 is 2.85 bits per heavy atom. The van der Waals surface area contributed by atoms with E-state index >= 15 is 0 Å². The Morgan fingerprint density at radius 2 is 2.12 bits per heavy atom. The molecule has 1 fully saturated rings. The molecule has 1 spiro atoms. The predicted molar refractivity (Wildman–Crippen MR) is 100 cm³/mol. The van der Waals surface area contributed by atoms with Gasteiger partial charge in [-0.25, -0.2) is 4.98 Å². The molecule has 1 atom stereocenters. The minimum atomic E-state index is -0.597. The van der Waals surface area contributed by atoms with Crippen LogP contribution in [0.5, 0.6) is 5.75 Å². The van der Waals surface area contributed by atoms with Crippen molar-refractivity contribution in [2.24, 2.45) is 0 Å². The zero-order valence-corrected chi connectivity index (χ0v) is 16.1. The number of carbonyl (C=O) groups excluding carboxylic acids is 2. The predicted octanol–water partition coefficient (Wildman–Crippen LogP) is 3.83. The Morgan fingerprint density at radius 1 is 1.35 bits per heavy atom. The van der Waals surface area contributed by atoms with Crippen molar-refractivity contribution in [1.82, 2.24) is 9.88 Å². The molecule has 2 aromatic rings. The monoisotopic (exact) mass is 370 g/mol. The molecule has 0 radical (unpaired) electrons. The third-order valence-corrected chi connectivity index (χ3v) is 6.55. The van der Waals surface area contributed by atoms with Crippen molar-refractivity contribution in [2.75, 3.05) is 13.1 Å². The molecule has 0 saturated carbocycles. The molecule has 1 saturated heterocycles. The van der Waals surface area contributed by atoms with Crippen molar-refractivity contribution in [1.29, 1.82) is 0 Å². The number of Topliss-reactive ketones (excluding diaryl/α,β-unsaturated/α-hetero) is 1. The van der Waals surface area contributed by atoms with Crippen LogP contribution in [-0.4, -0.2) is 40.3 Å². The van der Waals surface area contributed by atoms with Gasteiger partial charge in [0.15, 0.2) is 5.78 Å². The number of ketones is 1. The molecule has 0 unspecified atom stereocenters. The number of fused-ring (bicyclic) bond motifs is 1. The van der Waals surface area contributed by atoms with Gasteiger partial charge in [0.05, 0.1) is 29.2 Å². The first kappa shape index (κ1) is 17.2. The van der Waals surface area contributed by atoms with Gasteiger partial charge in [0, 0.05) is 18.9 Å². The molecule has 2 aliphatic heterocycles. The minimum absolute atomic E-state index is 0.00122. The van der Waals surface area contributed by atoms with E-state index in [1.165, 1.54) is 11.3 Å². The summed E-state index contributed by atoms with van der Waals surface area (Å²) in [4.78, 5) is 32.6. The van der Waals surface area contributed by atoms with Crippen molar-refractivity contribution >= 4 is 23.0 Å². The van der Waals surface area contributed by atoms with E-state index in [0.717, 1.165) is 10.7 Å². The standard InChI is InChI=1S/C20H22N2O3S/c1-12(2)18-21-13(3)17(26-18)19(24)22-9-8-20(11-22)10-15(23)14-6-4-5-7-16(14)25-20/h4-7,12H,8-11H2,1-3H3/t20-/m0/s1. The number of carbonyl (C=O) groups is 2. The summed E-state index contributed by atoms with van der Waals surface area (Å²) in [6.07, 6.45) is 1.00. The van der Waals surface area contributed by atoms with Crippen LogP contribution >= 0.6 is 11.3 Å². The molecule has 1 aromatic carbocycles. The number of hydrogen-bond donors (Lipinski definition) is 0. The Balaban J connectivity index is 1.56. The zero-order chi connectivity index (χ0) is 18.5. The van der Waals surface area contributed by atoms with Gasteiger partial charge in [-0.3, -0.25) is 9.59 Å². The van der Waals surface area contributed by atoms with Gasteiger partial charge in [0.25, 0.3) is 5.91 Å². The molecule has 1 aromatic heterocycles. The lowest BCUT2D eigenvalue weighted by atomic mass is 9.89. The summed E-state index contributed by atoms with van der Waals surface area (Å²) in [6, 6.07) is 7.36. The summed E-state index contributed by atoms with van der Waals surface area (Å²) >= 11 is 1.48. The molecule has 4 rings (SSSR count). The fourth-order valence-electron chi connectivity index (χ4n) is 3.70. The van der Waals surface area contributed by atoms with Crippen LogP contribution in [0.4, 0.5) is 0 Å². The van der Waals surface area contributed by atoms with E-state index in [4.69, 9.17) is 4.74 Å². The molecular weight excluding hydrogens is 348 g/mol. The van der Waals surface area contributed by atoms with Gasteiger partial charge in [-0.05, 0) is 19.1 Å². The number of ether oxygens (including phenoxy) is 1. The normalized spacial score (nSPS) is 22.0. The first-order valence-electron chi connectivity index (χ1n) is 8.96. The fourth-order valence-corrected chi connectivity index (χ4v) is 4.73. The highest BCUT2D eigenvalue weighted by atomic mass is 32.1. The van der Waals surface area contributed by atoms with E-state index < -0.39 is 5.60 Å². The molecule has 3 heterocycles. The van der Waals surface area contributed by atoms with Crippen LogP contribution in [0.25, 0.3) is 0 Å². The first-order valence-corrected chi connectivity index (χ1v) is 9.78. The van der Waals surface area contributed by atoms with E-state index in [1.54, 1.807) is 6.07 Å². The van der Waals surface area contributed by atoms with Crippen LogP contribution in [0.3, 0.4) is 0 Å². The molecule has 6 heteroatoms. The molecular formula is C20H22N2O3S. The van der Waals surface area contributed by atoms with Crippen molar-refractivity contribution < 1.29 is 14.3 Å². The number of benzene rings is 1. The lowest BCUT2D eigenvalue weighted by molar-refractivity contribution is 0.0429. The molecule has 136 valence electrons. The van der Waals surface area contributed by atoms with Gasteiger partial charge in [-0.1, -0.05) is 26.0 Å². The van der Waals surface area contributed by atoms with Gasteiger partial charge < -0.3 is 9.64 Å². The van der Waals surface area contributed by atoms with Crippen molar-refractivity contribution in [2.45, 2.75) is 45.1 Å². The van der Waals surface area contributed by atoms with E-state index in [1.807, 2.05) is 30.0 Å². The molecule has 0 N–H and O–H groups in total. The Hall–Kier alpha value is -2.21. The van der Waals surface area contributed by atoms with Crippen LogP contribution in [0, 0.1) is 6.92 Å². The number of nitrogens with zero attached hydrogens (tertiary/aromatic N) is 2. The second kappa shape index (κ2) is 6.20. The van der Waals surface area contributed by atoms with Gasteiger partial charge in [-0.15, -0.1) is 11.3 Å². The third kappa shape index (κ3) is 2.82. The van der Waals surface area contributed by atoms with Gasteiger partial charge in [0.1, 0.15) is 16.2 Å². The molecule has 26 heavy (non-hydrogen) atoms. The van der Waals surface area contributed by atoms with Crippen LogP contribution in [0.1, 0.15) is 63.3 Å². The molecule has 1 amide bonds. The zero-order valence-electron chi connectivity index (χ0n) is 15.2. The highest BCUT2D eigenvalue weighted by Crippen LogP contribution is 2.39. The lowest BCUT2D eigenvalue weighted by Gasteiger charge is -2.34. The minimum Gasteiger partial charge on any atom is -0.484 e. The summed E-state index contributed by atoms with van der Waals surface area (Å²) in [7, 11) is 0. The lowest BCUT2D eigenvalue weighted by Crippen LogP contribution is -2.45. The van der Waals surface area contributed by atoms with Crippen molar-refractivity contribution in [3.05, 3.63) is 45.4 Å². The second-order valence-corrected chi connectivity index (χ2v) is 8.51. The first-order chi connectivity index (χ1) is 12.4. The van der Waals surface area contributed by atoms with Gasteiger partial charge in [0.2, 0.25) is 0 Å². The van der Waals surface area contributed by atoms with E-state index in [9.17, 15) is 9.59 Å². The summed E-state index contributed by atoms with van der Waals surface area (Å²) in [5, 5.41) is 0.984. The number of aryl methyl sites for hydroxylation is 1. The Labute approximate surface area is 157 Å².